The summed E-state index contributed by atoms with van der Waals surface area (Å²) in [5, 5.41) is 8.87. The first-order chi connectivity index (χ1) is 12.6. The Morgan fingerprint density at radius 3 is 2.35 bits per heavy atom. The van der Waals surface area contributed by atoms with Gasteiger partial charge in [-0.25, -0.2) is 4.98 Å². The van der Waals surface area contributed by atoms with Crippen LogP contribution in [-0.4, -0.2) is 9.97 Å². The highest BCUT2D eigenvalue weighted by molar-refractivity contribution is 6.17. The van der Waals surface area contributed by atoms with Crippen LogP contribution in [0.25, 0.3) is 0 Å². The van der Waals surface area contributed by atoms with Crippen LogP contribution in [0, 0.1) is 25.2 Å². The van der Waals surface area contributed by atoms with E-state index in [9.17, 15) is 0 Å². The first kappa shape index (κ1) is 17.9. The van der Waals surface area contributed by atoms with E-state index in [-0.39, 0.29) is 0 Å². The monoisotopic (exact) mass is 363 g/mol. The van der Waals surface area contributed by atoms with E-state index >= 15 is 0 Å². The van der Waals surface area contributed by atoms with Crippen molar-refractivity contribution in [2.45, 2.75) is 26.1 Å². The summed E-state index contributed by atoms with van der Waals surface area (Å²) in [7, 11) is 0. The van der Waals surface area contributed by atoms with Crippen LogP contribution in [0.2, 0.25) is 0 Å². The van der Waals surface area contributed by atoms with E-state index in [2.05, 4.69) is 16.0 Å². The van der Waals surface area contributed by atoms with Gasteiger partial charge in [0, 0.05) is 24.6 Å². The van der Waals surface area contributed by atoms with Gasteiger partial charge in [-0.05, 0) is 48.2 Å². The van der Waals surface area contributed by atoms with E-state index in [1.165, 1.54) is 0 Å². The van der Waals surface area contributed by atoms with Crippen molar-refractivity contribution in [2.75, 3.05) is 0 Å². The van der Waals surface area contributed by atoms with Crippen molar-refractivity contribution in [3.8, 4) is 17.7 Å². The zero-order chi connectivity index (χ0) is 18.5. The minimum Gasteiger partial charge on any atom is -0.438 e. The second kappa shape index (κ2) is 7.99. The SMILES string of the molecule is Cc1cc(CCl)cc(C)c1Oc1ccnc(Cc2ccc(C#N)cc2)n1. The molecule has 0 saturated heterocycles. The number of rotatable bonds is 5. The van der Waals surface area contributed by atoms with Crippen LogP contribution >= 0.6 is 11.6 Å². The molecule has 0 fully saturated rings. The van der Waals surface area contributed by atoms with Gasteiger partial charge in [-0.15, -0.1) is 11.6 Å². The number of aryl methyl sites for hydroxylation is 2. The maximum Gasteiger partial charge on any atom is 0.222 e. The van der Waals surface area contributed by atoms with Gasteiger partial charge >= 0.3 is 0 Å². The summed E-state index contributed by atoms with van der Waals surface area (Å²) in [6.07, 6.45) is 2.27. The van der Waals surface area contributed by atoms with Gasteiger partial charge in [-0.3, -0.25) is 0 Å². The van der Waals surface area contributed by atoms with E-state index < -0.39 is 0 Å². The smallest absolute Gasteiger partial charge is 0.222 e. The Bertz CT molecular complexity index is 939. The minimum absolute atomic E-state index is 0.476. The molecule has 1 heterocycles. The van der Waals surface area contributed by atoms with Crippen LogP contribution in [0.3, 0.4) is 0 Å². The van der Waals surface area contributed by atoms with E-state index in [0.717, 1.165) is 28.0 Å². The molecule has 0 bridgehead atoms. The fraction of sp³-hybridized carbons (Fsp3) is 0.190. The number of benzene rings is 2. The Morgan fingerprint density at radius 1 is 1.04 bits per heavy atom. The molecule has 0 radical (unpaired) electrons. The number of aromatic nitrogens is 2. The van der Waals surface area contributed by atoms with Crippen molar-refractivity contribution in [3.63, 3.8) is 0 Å². The highest BCUT2D eigenvalue weighted by Gasteiger charge is 2.09. The minimum atomic E-state index is 0.476. The molecule has 5 heteroatoms. The summed E-state index contributed by atoms with van der Waals surface area (Å²) in [4.78, 5) is 8.82. The van der Waals surface area contributed by atoms with Gasteiger partial charge in [-0.1, -0.05) is 24.3 Å². The summed E-state index contributed by atoms with van der Waals surface area (Å²) in [5.41, 5.74) is 4.79. The summed E-state index contributed by atoms with van der Waals surface area (Å²) in [5.74, 6) is 2.44. The average molecular weight is 364 g/mol. The molecule has 2 aromatic carbocycles. The number of alkyl halides is 1. The van der Waals surface area contributed by atoms with Crippen molar-refractivity contribution < 1.29 is 4.74 Å². The lowest BCUT2D eigenvalue weighted by Crippen LogP contribution is -2.00. The Morgan fingerprint density at radius 2 is 1.73 bits per heavy atom. The summed E-state index contributed by atoms with van der Waals surface area (Å²) < 4.78 is 6.02. The third-order valence-corrected chi connectivity index (χ3v) is 4.31. The van der Waals surface area contributed by atoms with Crippen LogP contribution in [-0.2, 0) is 12.3 Å². The fourth-order valence-corrected chi connectivity index (χ4v) is 2.94. The third-order valence-electron chi connectivity index (χ3n) is 4.01. The topological polar surface area (TPSA) is 58.8 Å². The van der Waals surface area contributed by atoms with Gasteiger partial charge in [0.1, 0.15) is 11.6 Å². The van der Waals surface area contributed by atoms with E-state index in [1.54, 1.807) is 24.4 Å². The summed E-state index contributed by atoms with van der Waals surface area (Å²) in [6, 6.07) is 15.3. The van der Waals surface area contributed by atoms with Crippen molar-refractivity contribution in [2.24, 2.45) is 0 Å². The molecule has 0 aliphatic heterocycles. The predicted molar refractivity (Wildman–Crippen MR) is 102 cm³/mol. The molecular weight excluding hydrogens is 346 g/mol. The van der Waals surface area contributed by atoms with Crippen molar-refractivity contribution in [1.82, 2.24) is 9.97 Å². The van der Waals surface area contributed by atoms with Crippen molar-refractivity contribution >= 4 is 11.6 Å². The first-order valence-electron chi connectivity index (χ1n) is 8.24. The first-order valence-corrected chi connectivity index (χ1v) is 8.77. The number of nitriles is 1. The fourth-order valence-electron chi connectivity index (χ4n) is 2.78. The van der Waals surface area contributed by atoms with Gasteiger partial charge in [0.05, 0.1) is 11.6 Å². The van der Waals surface area contributed by atoms with Crippen LogP contribution < -0.4 is 4.74 Å². The zero-order valence-electron chi connectivity index (χ0n) is 14.7. The molecule has 0 saturated carbocycles. The second-order valence-electron chi connectivity index (χ2n) is 6.09. The van der Waals surface area contributed by atoms with Gasteiger partial charge in [0.25, 0.3) is 0 Å². The maximum absolute atomic E-state index is 8.87. The van der Waals surface area contributed by atoms with Crippen molar-refractivity contribution in [1.29, 1.82) is 5.26 Å². The Labute approximate surface area is 158 Å². The second-order valence-corrected chi connectivity index (χ2v) is 6.36. The van der Waals surface area contributed by atoms with Gasteiger partial charge < -0.3 is 4.74 Å². The molecule has 3 aromatic rings. The molecule has 0 N–H and O–H groups in total. The molecule has 0 spiro atoms. The Kier molecular flexibility index (Phi) is 5.50. The molecular formula is C21H18ClN3O. The zero-order valence-corrected chi connectivity index (χ0v) is 15.4. The number of halogens is 1. The number of hydrogen-bond donors (Lipinski definition) is 0. The van der Waals surface area contributed by atoms with Crippen LogP contribution in [0.1, 0.15) is 33.6 Å². The molecule has 0 amide bonds. The van der Waals surface area contributed by atoms with Gasteiger partial charge in [-0.2, -0.15) is 10.2 Å². The van der Waals surface area contributed by atoms with Gasteiger partial charge in [0.2, 0.25) is 5.88 Å². The van der Waals surface area contributed by atoms with Crippen LogP contribution in [0.4, 0.5) is 0 Å². The Balaban J connectivity index is 1.80. The molecule has 0 aliphatic carbocycles. The summed E-state index contributed by atoms with van der Waals surface area (Å²) in [6.45, 7) is 3.99. The molecule has 1 aromatic heterocycles. The molecule has 130 valence electrons. The molecule has 4 nitrogen and oxygen atoms in total. The third kappa shape index (κ3) is 4.19. The number of hydrogen-bond acceptors (Lipinski definition) is 4. The standard InChI is InChI=1S/C21H18ClN3O/c1-14-9-18(12-22)10-15(2)21(14)26-20-7-8-24-19(25-20)11-16-3-5-17(13-23)6-4-16/h3-10H,11-12H2,1-2H3. The number of ether oxygens (including phenoxy) is 1. The highest BCUT2D eigenvalue weighted by atomic mass is 35.5. The quantitative estimate of drug-likeness (QED) is 0.592. The molecule has 0 atom stereocenters. The Hall–Kier alpha value is -2.90. The van der Waals surface area contributed by atoms with Crippen LogP contribution in [0.15, 0.2) is 48.7 Å². The highest BCUT2D eigenvalue weighted by Crippen LogP contribution is 2.29. The van der Waals surface area contributed by atoms with Gasteiger partial charge in [0.15, 0.2) is 0 Å². The predicted octanol–water partition coefficient (Wildman–Crippen LogP) is 5.09. The number of nitrogens with zero attached hydrogens (tertiary/aromatic N) is 3. The van der Waals surface area contributed by atoms with E-state index in [4.69, 9.17) is 21.6 Å². The molecule has 26 heavy (non-hydrogen) atoms. The average Bonchev–Trinajstić information content (AvgIpc) is 2.65. The van der Waals surface area contributed by atoms with E-state index in [0.29, 0.717) is 29.6 Å². The lowest BCUT2D eigenvalue weighted by atomic mass is 10.1. The molecule has 0 aliphatic rings. The summed E-state index contributed by atoms with van der Waals surface area (Å²) >= 11 is 5.92. The molecule has 0 unspecified atom stereocenters. The van der Waals surface area contributed by atoms with Crippen LogP contribution in [0.5, 0.6) is 11.6 Å². The molecule has 3 rings (SSSR count). The lowest BCUT2D eigenvalue weighted by Gasteiger charge is -2.13. The van der Waals surface area contributed by atoms with Crippen molar-refractivity contribution in [3.05, 3.63) is 82.3 Å². The maximum atomic E-state index is 8.87. The lowest BCUT2D eigenvalue weighted by molar-refractivity contribution is 0.452. The largest absolute Gasteiger partial charge is 0.438 e. The normalized spacial score (nSPS) is 10.4. The van der Waals surface area contributed by atoms with E-state index in [1.807, 2.05) is 38.1 Å².